The molecule has 4 aromatic carbocycles. The van der Waals surface area contributed by atoms with E-state index in [1.54, 1.807) is 14.2 Å². The summed E-state index contributed by atoms with van der Waals surface area (Å²) in [5, 5.41) is 5.54. The minimum Gasteiger partial charge on any atom is -0.493 e. The third-order valence-corrected chi connectivity index (χ3v) is 8.53. The molecule has 6 nitrogen and oxygen atoms in total. The maximum Gasteiger partial charge on any atom is 0.336 e. The normalized spacial score (nSPS) is 18.3. The number of dihydropyridines is 1. The van der Waals surface area contributed by atoms with Crippen LogP contribution in [0, 0.1) is 0 Å². The number of esters is 1. The highest BCUT2D eigenvalue weighted by Crippen LogP contribution is 2.47. The number of fused-ring (bicyclic) bond motifs is 1. The topological polar surface area (TPSA) is 73.9 Å². The van der Waals surface area contributed by atoms with Crippen molar-refractivity contribution < 1.29 is 23.8 Å². The van der Waals surface area contributed by atoms with Crippen molar-refractivity contribution in [1.29, 1.82) is 0 Å². The molecule has 2 atom stereocenters. The summed E-state index contributed by atoms with van der Waals surface area (Å²) in [6, 6.07) is 30.0. The lowest BCUT2D eigenvalue weighted by Gasteiger charge is -2.37. The Bertz CT molecular complexity index is 1750. The number of methoxy groups -OCH3 is 2. The zero-order valence-corrected chi connectivity index (χ0v) is 24.7. The summed E-state index contributed by atoms with van der Waals surface area (Å²) in [4.78, 5) is 28.0. The Kier molecular flexibility index (Phi) is 8.01. The van der Waals surface area contributed by atoms with Crippen LogP contribution in [-0.4, -0.2) is 32.6 Å². The molecular weight excluding hydrogens is 538 g/mol. The molecule has 0 fully saturated rings. The molecule has 6 heteroatoms. The zero-order chi connectivity index (χ0) is 29.9. The molecule has 1 N–H and O–H groups in total. The lowest BCUT2D eigenvalue weighted by molar-refractivity contribution is -0.139. The van der Waals surface area contributed by atoms with Crippen molar-refractivity contribution in [3.8, 4) is 11.5 Å². The summed E-state index contributed by atoms with van der Waals surface area (Å²) in [5.74, 6) is 0.321. The lowest BCUT2D eigenvalue weighted by atomic mass is 9.71. The standard InChI is InChI=1S/C37H35NO5/c1-23-34(37(40)43-19-18-24-10-5-4-6-11-24)35(29-15-9-13-25-12-7-8-14-28(25)29)36-30(38-23)20-27(21-31(36)39)26-16-17-32(41-2)33(22-26)42-3/h4-17,22,27,35,38H,18-21H2,1-3H3. The number of Topliss-reactive ketones (excluding diaryl/α,β-unsaturated/α-hetero) is 1. The minimum absolute atomic E-state index is 0.0218. The molecule has 0 spiro atoms. The van der Waals surface area contributed by atoms with E-state index in [-0.39, 0.29) is 18.3 Å². The van der Waals surface area contributed by atoms with E-state index in [0.717, 1.165) is 33.2 Å². The van der Waals surface area contributed by atoms with Crippen molar-refractivity contribution in [1.82, 2.24) is 5.32 Å². The maximum absolute atomic E-state index is 14.2. The van der Waals surface area contributed by atoms with Gasteiger partial charge >= 0.3 is 5.97 Å². The summed E-state index contributed by atoms with van der Waals surface area (Å²) in [7, 11) is 3.22. The van der Waals surface area contributed by atoms with Gasteiger partial charge in [-0.15, -0.1) is 0 Å². The second-order valence-electron chi connectivity index (χ2n) is 11.1. The number of nitrogens with one attached hydrogen (secondary N) is 1. The molecule has 0 radical (unpaired) electrons. The third-order valence-electron chi connectivity index (χ3n) is 8.53. The lowest BCUT2D eigenvalue weighted by Crippen LogP contribution is -2.36. The highest BCUT2D eigenvalue weighted by atomic mass is 16.5. The number of carbonyl (C=O) groups excluding carboxylic acids is 2. The number of carbonyl (C=O) groups is 2. The Morgan fingerprint density at radius 3 is 2.40 bits per heavy atom. The summed E-state index contributed by atoms with van der Waals surface area (Å²) in [5.41, 5.74) is 5.74. The molecule has 0 saturated carbocycles. The largest absolute Gasteiger partial charge is 0.493 e. The fourth-order valence-electron chi connectivity index (χ4n) is 6.45. The van der Waals surface area contributed by atoms with Gasteiger partial charge in [-0.25, -0.2) is 4.79 Å². The zero-order valence-electron chi connectivity index (χ0n) is 24.7. The summed E-state index contributed by atoms with van der Waals surface area (Å²) < 4.78 is 16.8. The Balaban J connectivity index is 1.38. The molecule has 0 amide bonds. The first-order valence-electron chi connectivity index (χ1n) is 14.6. The number of benzene rings is 4. The van der Waals surface area contributed by atoms with Crippen LogP contribution in [-0.2, 0) is 20.7 Å². The van der Waals surface area contributed by atoms with Crippen molar-refractivity contribution in [2.45, 2.75) is 38.0 Å². The fourth-order valence-corrected chi connectivity index (χ4v) is 6.45. The van der Waals surface area contributed by atoms with Gasteiger partial charge in [-0.2, -0.15) is 0 Å². The first-order chi connectivity index (χ1) is 21.0. The van der Waals surface area contributed by atoms with Crippen molar-refractivity contribution in [2.75, 3.05) is 20.8 Å². The first-order valence-corrected chi connectivity index (χ1v) is 14.6. The number of ether oxygens (including phenoxy) is 3. The van der Waals surface area contributed by atoms with Crippen LogP contribution in [0.3, 0.4) is 0 Å². The fraction of sp³-hybridized carbons (Fsp3) is 0.243. The van der Waals surface area contributed by atoms with Gasteiger partial charge < -0.3 is 19.5 Å². The van der Waals surface area contributed by atoms with E-state index in [1.165, 1.54) is 0 Å². The molecule has 6 rings (SSSR count). The Morgan fingerprint density at radius 1 is 0.860 bits per heavy atom. The summed E-state index contributed by atoms with van der Waals surface area (Å²) in [6.45, 7) is 2.16. The predicted molar refractivity (Wildman–Crippen MR) is 167 cm³/mol. The molecule has 43 heavy (non-hydrogen) atoms. The van der Waals surface area contributed by atoms with Crippen LogP contribution < -0.4 is 14.8 Å². The van der Waals surface area contributed by atoms with Crippen LogP contribution in [0.4, 0.5) is 0 Å². The van der Waals surface area contributed by atoms with Crippen molar-refractivity contribution in [3.05, 3.63) is 130 Å². The molecule has 0 aromatic heterocycles. The molecule has 1 heterocycles. The van der Waals surface area contributed by atoms with Gasteiger partial charge in [0.1, 0.15) is 0 Å². The number of ketones is 1. The van der Waals surface area contributed by atoms with E-state index >= 15 is 0 Å². The van der Waals surface area contributed by atoms with E-state index in [0.29, 0.717) is 47.6 Å². The molecule has 0 bridgehead atoms. The van der Waals surface area contributed by atoms with Gasteiger partial charge in [-0.1, -0.05) is 78.9 Å². The van der Waals surface area contributed by atoms with Crippen LogP contribution in [0.25, 0.3) is 10.8 Å². The average Bonchev–Trinajstić information content (AvgIpc) is 3.03. The molecule has 4 aromatic rings. The van der Waals surface area contributed by atoms with E-state index in [4.69, 9.17) is 14.2 Å². The van der Waals surface area contributed by atoms with Crippen LogP contribution in [0.15, 0.2) is 114 Å². The molecule has 0 saturated heterocycles. The SMILES string of the molecule is COc1ccc(C2CC(=O)C3=C(C2)NC(C)=C(C(=O)OCCc2ccccc2)C3c2cccc3ccccc23)cc1OC. The maximum atomic E-state index is 14.2. The quantitative estimate of drug-likeness (QED) is 0.229. The van der Waals surface area contributed by atoms with Gasteiger partial charge in [0.05, 0.1) is 26.4 Å². The van der Waals surface area contributed by atoms with Crippen LogP contribution in [0.2, 0.25) is 0 Å². The monoisotopic (exact) mass is 573 g/mol. The van der Waals surface area contributed by atoms with E-state index in [1.807, 2.05) is 79.7 Å². The van der Waals surface area contributed by atoms with Crippen LogP contribution in [0.5, 0.6) is 11.5 Å². The highest BCUT2D eigenvalue weighted by molar-refractivity contribution is 6.05. The van der Waals surface area contributed by atoms with Gasteiger partial charge in [0.25, 0.3) is 0 Å². The second kappa shape index (κ2) is 12.2. The number of rotatable bonds is 8. The van der Waals surface area contributed by atoms with Crippen LogP contribution >= 0.6 is 0 Å². The minimum atomic E-state index is -0.537. The highest BCUT2D eigenvalue weighted by Gasteiger charge is 2.42. The van der Waals surface area contributed by atoms with Gasteiger partial charge in [0, 0.05) is 35.7 Å². The van der Waals surface area contributed by atoms with Gasteiger partial charge in [0.2, 0.25) is 0 Å². The molecule has 2 aliphatic rings. The van der Waals surface area contributed by atoms with E-state index in [9.17, 15) is 9.59 Å². The predicted octanol–water partition coefficient (Wildman–Crippen LogP) is 7.00. The van der Waals surface area contributed by atoms with Crippen LogP contribution in [0.1, 0.15) is 48.3 Å². The molecular formula is C37H35NO5. The van der Waals surface area contributed by atoms with Crippen molar-refractivity contribution in [3.63, 3.8) is 0 Å². The van der Waals surface area contributed by atoms with Gasteiger partial charge in [-0.05, 0) is 58.9 Å². The van der Waals surface area contributed by atoms with E-state index in [2.05, 4.69) is 23.5 Å². The smallest absolute Gasteiger partial charge is 0.336 e. The Hall–Kier alpha value is -4.84. The number of hydrogen-bond donors (Lipinski definition) is 1. The van der Waals surface area contributed by atoms with Crippen molar-refractivity contribution >= 4 is 22.5 Å². The van der Waals surface area contributed by atoms with Gasteiger partial charge in [0.15, 0.2) is 17.3 Å². The average molecular weight is 574 g/mol. The number of hydrogen-bond acceptors (Lipinski definition) is 6. The second-order valence-corrected chi connectivity index (χ2v) is 11.1. The Labute approximate surface area is 252 Å². The van der Waals surface area contributed by atoms with E-state index < -0.39 is 11.9 Å². The molecule has 2 unspecified atom stereocenters. The first kappa shape index (κ1) is 28.3. The van der Waals surface area contributed by atoms with Crippen molar-refractivity contribution in [2.24, 2.45) is 0 Å². The summed E-state index contributed by atoms with van der Waals surface area (Å²) >= 11 is 0. The third kappa shape index (κ3) is 5.53. The molecule has 1 aliphatic heterocycles. The Morgan fingerprint density at radius 2 is 1.60 bits per heavy atom. The van der Waals surface area contributed by atoms with Gasteiger partial charge in [-0.3, -0.25) is 4.79 Å². The molecule has 1 aliphatic carbocycles. The summed E-state index contributed by atoms with van der Waals surface area (Å²) in [6.07, 6.45) is 1.57. The molecule has 218 valence electrons. The number of allylic oxidation sites excluding steroid dienone is 3.